The number of hydrogen-bond acceptors (Lipinski definition) is 3. The molecule has 0 saturated carbocycles. The van der Waals surface area contributed by atoms with E-state index in [-0.39, 0.29) is 5.91 Å². The van der Waals surface area contributed by atoms with Crippen LogP contribution in [-0.2, 0) is 11.2 Å². The summed E-state index contributed by atoms with van der Waals surface area (Å²) in [6.45, 7) is 4.89. The lowest BCUT2D eigenvalue weighted by Crippen LogP contribution is -2.13. The number of benzene rings is 2. The van der Waals surface area contributed by atoms with Crippen molar-refractivity contribution in [3.8, 4) is 5.75 Å². The van der Waals surface area contributed by atoms with E-state index in [0.717, 1.165) is 30.1 Å². The van der Waals surface area contributed by atoms with Crippen LogP contribution in [0.2, 0.25) is 0 Å². The molecular formula is C20H26N2O2. The Balaban J connectivity index is 1.82. The lowest BCUT2D eigenvalue weighted by Gasteiger charge is -2.11. The van der Waals surface area contributed by atoms with Crippen molar-refractivity contribution in [2.75, 3.05) is 24.3 Å². The molecule has 0 spiro atoms. The van der Waals surface area contributed by atoms with Crippen LogP contribution in [0.4, 0.5) is 11.4 Å². The topological polar surface area (TPSA) is 50.4 Å². The molecule has 0 aliphatic heterocycles. The normalized spacial score (nSPS) is 10.5. The molecule has 0 aliphatic rings. The fourth-order valence-electron chi connectivity index (χ4n) is 2.51. The molecular weight excluding hydrogens is 300 g/mol. The largest absolute Gasteiger partial charge is 0.496 e. The molecule has 4 heteroatoms. The van der Waals surface area contributed by atoms with Crippen molar-refractivity contribution in [1.29, 1.82) is 0 Å². The monoisotopic (exact) mass is 326 g/mol. The summed E-state index contributed by atoms with van der Waals surface area (Å²) in [5.41, 5.74) is 3.05. The minimum absolute atomic E-state index is 0.0573. The van der Waals surface area contributed by atoms with Crippen molar-refractivity contribution >= 4 is 17.3 Å². The first-order valence-electron chi connectivity index (χ1n) is 8.34. The highest BCUT2D eigenvalue weighted by molar-refractivity contribution is 5.90. The average Bonchev–Trinajstić information content (AvgIpc) is 2.56. The number of hydrogen-bond donors (Lipinski definition) is 2. The zero-order valence-electron chi connectivity index (χ0n) is 14.6. The number of anilines is 2. The number of carbonyl (C=O) groups is 1. The number of nitrogens with one attached hydrogen (secondary N) is 2. The van der Waals surface area contributed by atoms with E-state index in [4.69, 9.17) is 4.74 Å². The van der Waals surface area contributed by atoms with E-state index in [9.17, 15) is 4.79 Å². The van der Waals surface area contributed by atoms with Gasteiger partial charge >= 0.3 is 0 Å². The number of methoxy groups -OCH3 is 1. The minimum atomic E-state index is 0.0573. The summed E-state index contributed by atoms with van der Waals surface area (Å²) >= 11 is 0. The highest BCUT2D eigenvalue weighted by Gasteiger charge is 2.05. The Hall–Kier alpha value is -2.49. The van der Waals surface area contributed by atoms with Crippen molar-refractivity contribution in [1.82, 2.24) is 0 Å². The highest BCUT2D eigenvalue weighted by atomic mass is 16.5. The summed E-state index contributed by atoms with van der Waals surface area (Å²) in [5.74, 6) is 1.34. The molecule has 0 heterocycles. The lowest BCUT2D eigenvalue weighted by atomic mass is 10.1. The first-order valence-corrected chi connectivity index (χ1v) is 8.34. The molecule has 0 fully saturated rings. The van der Waals surface area contributed by atoms with Gasteiger partial charge in [0.1, 0.15) is 5.75 Å². The maximum atomic E-state index is 11.8. The Bertz CT molecular complexity index is 651. The molecule has 2 rings (SSSR count). The smallest absolute Gasteiger partial charge is 0.224 e. The van der Waals surface area contributed by atoms with Crippen molar-refractivity contribution < 1.29 is 9.53 Å². The molecule has 0 saturated heterocycles. The van der Waals surface area contributed by atoms with E-state index in [1.807, 2.05) is 56.3 Å². The van der Waals surface area contributed by atoms with Gasteiger partial charge in [-0.25, -0.2) is 0 Å². The van der Waals surface area contributed by atoms with Crippen molar-refractivity contribution in [2.45, 2.75) is 26.7 Å². The van der Waals surface area contributed by atoms with Crippen LogP contribution in [0.15, 0.2) is 48.5 Å². The van der Waals surface area contributed by atoms with Crippen LogP contribution in [0.25, 0.3) is 0 Å². The Kier molecular flexibility index (Phi) is 6.67. The SMILES string of the molecule is COc1ccccc1CCNc1ccc(NC(=O)CC(C)C)cc1. The molecule has 128 valence electrons. The van der Waals surface area contributed by atoms with Gasteiger partial charge in [-0.05, 0) is 48.2 Å². The molecule has 2 aromatic rings. The maximum Gasteiger partial charge on any atom is 0.224 e. The van der Waals surface area contributed by atoms with Crippen LogP contribution in [-0.4, -0.2) is 19.6 Å². The van der Waals surface area contributed by atoms with Crippen molar-refractivity contribution in [3.63, 3.8) is 0 Å². The van der Waals surface area contributed by atoms with Crippen molar-refractivity contribution in [2.24, 2.45) is 5.92 Å². The third-order valence-electron chi connectivity index (χ3n) is 3.68. The van der Waals surface area contributed by atoms with Crippen LogP contribution < -0.4 is 15.4 Å². The number of para-hydroxylation sites is 1. The molecule has 1 amide bonds. The maximum absolute atomic E-state index is 11.8. The first kappa shape index (κ1) is 17.9. The number of amides is 1. The molecule has 24 heavy (non-hydrogen) atoms. The summed E-state index contributed by atoms with van der Waals surface area (Å²) in [6, 6.07) is 15.8. The lowest BCUT2D eigenvalue weighted by molar-refractivity contribution is -0.116. The van der Waals surface area contributed by atoms with Crippen molar-refractivity contribution in [3.05, 3.63) is 54.1 Å². The van der Waals surface area contributed by atoms with Gasteiger partial charge in [-0.1, -0.05) is 32.0 Å². The number of ether oxygens (including phenoxy) is 1. The second kappa shape index (κ2) is 8.96. The standard InChI is InChI=1S/C20H26N2O2/c1-15(2)14-20(23)22-18-10-8-17(9-11-18)21-13-12-16-6-4-5-7-19(16)24-3/h4-11,15,21H,12-14H2,1-3H3,(H,22,23). The Labute approximate surface area is 144 Å². The predicted octanol–water partition coefficient (Wildman–Crippen LogP) is 4.33. The fourth-order valence-corrected chi connectivity index (χ4v) is 2.51. The second-order valence-electron chi connectivity index (χ2n) is 6.21. The molecule has 0 radical (unpaired) electrons. The van der Waals surface area contributed by atoms with Gasteiger partial charge in [0.15, 0.2) is 0 Å². The van der Waals surface area contributed by atoms with E-state index < -0.39 is 0 Å². The summed E-state index contributed by atoms with van der Waals surface area (Å²) in [6.07, 6.45) is 1.43. The van der Waals surface area contributed by atoms with E-state index in [0.29, 0.717) is 12.3 Å². The Morgan fingerprint density at radius 1 is 1.04 bits per heavy atom. The summed E-state index contributed by atoms with van der Waals surface area (Å²) < 4.78 is 5.36. The number of carbonyl (C=O) groups excluding carboxylic acids is 1. The van der Waals surface area contributed by atoms with Gasteiger partial charge in [-0.2, -0.15) is 0 Å². The van der Waals surface area contributed by atoms with Gasteiger partial charge < -0.3 is 15.4 Å². The molecule has 2 aromatic carbocycles. The van der Waals surface area contributed by atoms with Crippen LogP contribution in [0, 0.1) is 5.92 Å². The third kappa shape index (κ3) is 5.61. The molecule has 2 N–H and O–H groups in total. The number of rotatable bonds is 8. The fraction of sp³-hybridized carbons (Fsp3) is 0.350. The minimum Gasteiger partial charge on any atom is -0.496 e. The van der Waals surface area contributed by atoms with E-state index >= 15 is 0 Å². The average molecular weight is 326 g/mol. The second-order valence-corrected chi connectivity index (χ2v) is 6.21. The quantitative estimate of drug-likeness (QED) is 0.759. The van der Waals surface area contributed by atoms with E-state index in [1.54, 1.807) is 7.11 Å². The van der Waals surface area contributed by atoms with Gasteiger partial charge in [0.05, 0.1) is 7.11 Å². The Morgan fingerprint density at radius 2 is 1.71 bits per heavy atom. The van der Waals surface area contributed by atoms with Crippen LogP contribution in [0.1, 0.15) is 25.8 Å². The van der Waals surface area contributed by atoms with Gasteiger partial charge in [-0.15, -0.1) is 0 Å². The van der Waals surface area contributed by atoms with Gasteiger partial charge in [-0.3, -0.25) is 4.79 Å². The van der Waals surface area contributed by atoms with Crippen LogP contribution in [0.3, 0.4) is 0 Å². The van der Waals surface area contributed by atoms with Crippen LogP contribution in [0.5, 0.6) is 5.75 Å². The summed E-state index contributed by atoms with van der Waals surface area (Å²) in [4.78, 5) is 11.8. The molecule has 0 bridgehead atoms. The first-order chi connectivity index (χ1) is 11.6. The predicted molar refractivity (Wildman–Crippen MR) is 99.7 cm³/mol. The Morgan fingerprint density at radius 3 is 2.38 bits per heavy atom. The van der Waals surface area contributed by atoms with Crippen LogP contribution >= 0.6 is 0 Å². The highest BCUT2D eigenvalue weighted by Crippen LogP contribution is 2.18. The molecule has 0 aliphatic carbocycles. The molecule has 0 atom stereocenters. The van der Waals surface area contributed by atoms with Gasteiger partial charge in [0, 0.05) is 24.3 Å². The summed E-state index contributed by atoms with van der Waals surface area (Å²) in [5, 5.41) is 6.30. The zero-order valence-corrected chi connectivity index (χ0v) is 14.6. The zero-order chi connectivity index (χ0) is 17.4. The molecule has 0 aromatic heterocycles. The molecule has 0 unspecified atom stereocenters. The van der Waals surface area contributed by atoms with Gasteiger partial charge in [0.25, 0.3) is 0 Å². The van der Waals surface area contributed by atoms with E-state index in [1.165, 1.54) is 5.56 Å². The molecule has 4 nitrogen and oxygen atoms in total. The van der Waals surface area contributed by atoms with E-state index in [2.05, 4.69) is 16.7 Å². The van der Waals surface area contributed by atoms with Gasteiger partial charge in [0.2, 0.25) is 5.91 Å². The summed E-state index contributed by atoms with van der Waals surface area (Å²) in [7, 11) is 1.69. The third-order valence-corrected chi connectivity index (χ3v) is 3.68.